The highest BCUT2D eigenvalue weighted by Crippen LogP contribution is 2.22. The van der Waals surface area contributed by atoms with Crippen LogP contribution in [0.2, 0.25) is 0 Å². The smallest absolute Gasteiger partial charge is 0.234 e. The maximum absolute atomic E-state index is 12.0. The van der Waals surface area contributed by atoms with Gasteiger partial charge in [0.1, 0.15) is 5.75 Å². The van der Waals surface area contributed by atoms with Crippen molar-refractivity contribution in [2.24, 2.45) is 0 Å². The molecule has 0 saturated heterocycles. The summed E-state index contributed by atoms with van der Waals surface area (Å²) in [6.07, 6.45) is 0. The Bertz CT molecular complexity index is 793. The van der Waals surface area contributed by atoms with Crippen molar-refractivity contribution >= 4 is 40.3 Å². The van der Waals surface area contributed by atoms with Crippen molar-refractivity contribution in [2.45, 2.75) is 33.0 Å². The van der Waals surface area contributed by atoms with Gasteiger partial charge in [-0.3, -0.25) is 9.69 Å². The Hall–Kier alpha value is -1.97. The molecule has 2 rings (SSSR count). The molecule has 0 fully saturated rings. The minimum atomic E-state index is -0.246. The highest BCUT2D eigenvalue weighted by atomic mass is 32.1. The third kappa shape index (κ3) is 6.40. The first-order valence-corrected chi connectivity index (χ1v) is 9.37. The number of methoxy groups -OCH3 is 1. The quantitative estimate of drug-likeness (QED) is 0.702. The number of rotatable bonds is 7. The third-order valence-corrected chi connectivity index (χ3v) is 4.47. The summed E-state index contributed by atoms with van der Waals surface area (Å²) in [5.41, 5.74) is 0.657. The first-order chi connectivity index (χ1) is 12.2. The highest BCUT2D eigenvalue weighted by Gasteiger charge is 2.16. The van der Waals surface area contributed by atoms with Crippen LogP contribution in [-0.4, -0.2) is 46.8 Å². The molecule has 1 heterocycles. The number of nitrogens with one attached hydrogen (secondary N) is 2. The molecule has 9 heteroatoms. The Labute approximate surface area is 163 Å². The van der Waals surface area contributed by atoms with Gasteiger partial charge in [-0.2, -0.15) is 0 Å². The van der Waals surface area contributed by atoms with Crippen LogP contribution in [0.4, 0.5) is 10.8 Å². The fourth-order valence-corrected chi connectivity index (χ4v) is 3.24. The van der Waals surface area contributed by atoms with E-state index in [4.69, 9.17) is 17.0 Å². The van der Waals surface area contributed by atoms with Crippen molar-refractivity contribution in [3.05, 3.63) is 28.2 Å². The van der Waals surface area contributed by atoms with Crippen LogP contribution >= 0.6 is 23.6 Å². The summed E-state index contributed by atoms with van der Waals surface area (Å²) < 4.78 is 7.50. The summed E-state index contributed by atoms with van der Waals surface area (Å²) in [5.74, 6) is 0.766. The van der Waals surface area contributed by atoms with Crippen LogP contribution in [-0.2, 0) is 11.5 Å². The van der Waals surface area contributed by atoms with E-state index in [9.17, 15) is 4.79 Å². The van der Waals surface area contributed by atoms with E-state index in [1.165, 1.54) is 11.3 Å². The number of benzene rings is 1. The van der Waals surface area contributed by atoms with Gasteiger partial charge in [-0.15, -0.1) is 5.10 Å². The second-order valence-electron chi connectivity index (χ2n) is 6.98. The zero-order valence-electron chi connectivity index (χ0n) is 15.7. The van der Waals surface area contributed by atoms with Crippen molar-refractivity contribution in [1.82, 2.24) is 20.0 Å². The molecule has 1 aromatic heterocycles. The first kappa shape index (κ1) is 20.3. The predicted octanol–water partition coefficient (Wildman–Crippen LogP) is 3.23. The molecule has 7 nitrogen and oxygen atoms in total. The van der Waals surface area contributed by atoms with Crippen LogP contribution in [0.15, 0.2) is 24.3 Å². The normalized spacial score (nSPS) is 11.5. The van der Waals surface area contributed by atoms with E-state index in [0.717, 1.165) is 11.4 Å². The van der Waals surface area contributed by atoms with E-state index >= 15 is 0 Å². The van der Waals surface area contributed by atoms with Crippen molar-refractivity contribution in [3.63, 3.8) is 0 Å². The van der Waals surface area contributed by atoms with E-state index in [0.29, 0.717) is 15.8 Å². The minimum Gasteiger partial charge on any atom is -0.497 e. The number of likely N-dealkylation sites (N-methyl/N-ethyl adjacent to an activating group) is 1. The Balaban J connectivity index is 1.96. The standard InChI is InChI=1S/C17H25N5O2S2/c1-17(2,3)19-14(23)10-21(4)11-22-16(25)26-15(20-22)18-12-6-8-13(24-5)9-7-12/h6-9H,10-11H2,1-5H3,(H,18,20)(H,19,23). The predicted molar refractivity (Wildman–Crippen MR) is 108 cm³/mol. The number of hydrogen-bond donors (Lipinski definition) is 2. The van der Waals surface area contributed by atoms with Gasteiger partial charge in [0.25, 0.3) is 0 Å². The number of anilines is 2. The summed E-state index contributed by atoms with van der Waals surface area (Å²) in [5, 5.41) is 11.4. The molecule has 2 aromatic rings. The van der Waals surface area contributed by atoms with Gasteiger partial charge in [-0.1, -0.05) is 11.3 Å². The van der Waals surface area contributed by atoms with Crippen molar-refractivity contribution in [2.75, 3.05) is 26.0 Å². The van der Waals surface area contributed by atoms with Crippen LogP contribution in [0.3, 0.4) is 0 Å². The molecule has 0 saturated carbocycles. The molecule has 0 bridgehead atoms. The second-order valence-corrected chi connectivity index (χ2v) is 8.60. The first-order valence-electron chi connectivity index (χ1n) is 8.15. The van der Waals surface area contributed by atoms with Gasteiger partial charge in [0, 0.05) is 11.2 Å². The minimum absolute atomic E-state index is 0.0293. The highest BCUT2D eigenvalue weighted by molar-refractivity contribution is 7.73. The molecular formula is C17H25N5O2S2. The SMILES string of the molecule is COc1ccc(Nc2nn(CN(C)CC(=O)NC(C)(C)C)c(=S)s2)cc1. The maximum atomic E-state index is 12.0. The third-order valence-electron chi connectivity index (χ3n) is 3.25. The van der Waals surface area contributed by atoms with E-state index in [-0.39, 0.29) is 18.0 Å². The molecule has 0 aliphatic carbocycles. The Morgan fingerprint density at radius 1 is 1.35 bits per heavy atom. The van der Waals surface area contributed by atoms with E-state index in [1.807, 2.05) is 57.0 Å². The average Bonchev–Trinajstić information content (AvgIpc) is 2.85. The lowest BCUT2D eigenvalue weighted by Gasteiger charge is -2.23. The Morgan fingerprint density at radius 3 is 2.58 bits per heavy atom. The van der Waals surface area contributed by atoms with Crippen LogP contribution in [0.5, 0.6) is 5.75 Å². The van der Waals surface area contributed by atoms with Crippen molar-refractivity contribution < 1.29 is 9.53 Å². The number of nitrogens with zero attached hydrogens (tertiary/aromatic N) is 3. The Morgan fingerprint density at radius 2 is 2.00 bits per heavy atom. The van der Waals surface area contributed by atoms with Gasteiger partial charge >= 0.3 is 0 Å². The van der Waals surface area contributed by atoms with Crippen LogP contribution < -0.4 is 15.4 Å². The summed E-state index contributed by atoms with van der Waals surface area (Å²) >= 11 is 6.77. The van der Waals surface area contributed by atoms with Gasteiger partial charge in [0.15, 0.2) is 3.95 Å². The van der Waals surface area contributed by atoms with E-state index < -0.39 is 0 Å². The molecular weight excluding hydrogens is 370 g/mol. The summed E-state index contributed by atoms with van der Waals surface area (Å²) in [6.45, 7) is 6.59. The van der Waals surface area contributed by atoms with Crippen molar-refractivity contribution in [1.29, 1.82) is 0 Å². The number of carbonyl (C=O) groups is 1. The number of amides is 1. The molecule has 142 valence electrons. The van der Waals surface area contributed by atoms with Gasteiger partial charge in [-0.05, 0) is 64.3 Å². The molecule has 0 aliphatic rings. The number of aromatic nitrogens is 2. The molecule has 1 amide bonds. The molecule has 0 unspecified atom stereocenters. The van der Waals surface area contributed by atoms with Crippen LogP contribution in [0.25, 0.3) is 0 Å². The number of hydrogen-bond acceptors (Lipinski definition) is 7. The molecule has 0 spiro atoms. The lowest BCUT2D eigenvalue weighted by atomic mass is 10.1. The van der Waals surface area contributed by atoms with E-state index in [2.05, 4.69) is 15.7 Å². The summed E-state index contributed by atoms with van der Waals surface area (Å²) in [7, 11) is 3.49. The summed E-state index contributed by atoms with van der Waals surface area (Å²) in [6, 6.07) is 7.58. The molecule has 26 heavy (non-hydrogen) atoms. The lowest BCUT2D eigenvalue weighted by molar-refractivity contribution is -0.123. The fourth-order valence-electron chi connectivity index (χ4n) is 2.23. The molecule has 1 aromatic carbocycles. The second kappa shape index (κ2) is 8.61. The number of ether oxygens (including phenoxy) is 1. The van der Waals surface area contributed by atoms with Crippen molar-refractivity contribution in [3.8, 4) is 5.75 Å². The van der Waals surface area contributed by atoms with Gasteiger partial charge in [-0.25, -0.2) is 4.68 Å². The zero-order valence-corrected chi connectivity index (χ0v) is 17.3. The molecule has 2 N–H and O–H groups in total. The summed E-state index contributed by atoms with van der Waals surface area (Å²) in [4.78, 5) is 13.9. The average molecular weight is 396 g/mol. The topological polar surface area (TPSA) is 71.4 Å². The van der Waals surface area contributed by atoms with Crippen LogP contribution in [0.1, 0.15) is 20.8 Å². The maximum Gasteiger partial charge on any atom is 0.234 e. The molecule has 0 atom stereocenters. The largest absolute Gasteiger partial charge is 0.497 e. The fraction of sp³-hybridized carbons (Fsp3) is 0.471. The van der Waals surface area contributed by atoms with Gasteiger partial charge in [0.2, 0.25) is 11.0 Å². The van der Waals surface area contributed by atoms with E-state index in [1.54, 1.807) is 11.8 Å². The number of carbonyl (C=O) groups excluding carboxylic acids is 1. The molecule has 0 radical (unpaired) electrons. The van der Waals surface area contributed by atoms with Gasteiger partial charge < -0.3 is 15.4 Å². The molecule has 0 aliphatic heterocycles. The lowest BCUT2D eigenvalue weighted by Crippen LogP contribution is -2.45. The van der Waals surface area contributed by atoms with Crippen LogP contribution in [0, 0.1) is 3.95 Å². The monoisotopic (exact) mass is 395 g/mol. The Kier molecular flexibility index (Phi) is 6.74. The zero-order chi connectivity index (χ0) is 19.3. The van der Waals surface area contributed by atoms with Gasteiger partial charge in [0.05, 0.1) is 20.3 Å².